The number of benzene rings is 3. The maximum absolute atomic E-state index is 6.30. The van der Waals surface area contributed by atoms with Gasteiger partial charge in [0.25, 0.3) is 0 Å². The zero-order valence-electron chi connectivity index (χ0n) is 16.7. The molecule has 0 radical (unpaired) electrons. The summed E-state index contributed by atoms with van der Waals surface area (Å²) in [5.41, 5.74) is 5.00. The van der Waals surface area contributed by atoms with Crippen LogP contribution in [0.4, 0.5) is 5.69 Å². The van der Waals surface area contributed by atoms with Gasteiger partial charge in [0, 0.05) is 5.92 Å². The average Bonchev–Trinajstić information content (AvgIpc) is 3.26. The number of hydrogen-bond donors (Lipinski definition) is 0. The van der Waals surface area contributed by atoms with E-state index in [1.165, 1.54) is 29.5 Å². The number of allylic oxidation sites excluding steroid dienone is 2. The number of rotatable bonds is 4. The first-order valence-corrected chi connectivity index (χ1v) is 10.7. The average molecular weight is 382 g/mol. The molecule has 3 aromatic rings. The summed E-state index contributed by atoms with van der Waals surface area (Å²) in [6.07, 6.45) is 8.28. The largest absolute Gasteiger partial charge is 0.272 e. The first kappa shape index (κ1) is 18.2. The summed E-state index contributed by atoms with van der Waals surface area (Å²) in [7, 11) is 0. The Morgan fingerprint density at radius 2 is 1.41 bits per heavy atom. The van der Waals surface area contributed by atoms with Gasteiger partial charge in [-0.15, -0.1) is 0 Å². The second-order valence-electron chi connectivity index (χ2n) is 8.10. The Morgan fingerprint density at radius 3 is 2.10 bits per heavy atom. The van der Waals surface area contributed by atoms with Crippen molar-refractivity contribution >= 4 is 5.69 Å². The maximum atomic E-state index is 6.30. The Morgan fingerprint density at radius 1 is 0.724 bits per heavy atom. The molecule has 0 spiro atoms. The summed E-state index contributed by atoms with van der Waals surface area (Å²) < 4.78 is 0. The molecule has 0 saturated carbocycles. The third-order valence-electron chi connectivity index (χ3n) is 6.35. The molecule has 3 aromatic carbocycles. The molecule has 1 fully saturated rings. The van der Waals surface area contributed by atoms with Gasteiger partial charge in [-0.2, -0.15) is 0 Å². The van der Waals surface area contributed by atoms with Gasteiger partial charge >= 0.3 is 0 Å². The van der Waals surface area contributed by atoms with Gasteiger partial charge < -0.3 is 0 Å². The van der Waals surface area contributed by atoms with Gasteiger partial charge in [-0.3, -0.25) is 4.84 Å². The third kappa shape index (κ3) is 3.73. The highest BCUT2D eigenvalue weighted by atomic mass is 16.7. The zero-order valence-corrected chi connectivity index (χ0v) is 16.7. The Bertz CT molecular complexity index is 949. The first-order valence-electron chi connectivity index (χ1n) is 10.7. The second kappa shape index (κ2) is 8.26. The fraction of sp³-hybridized carbons (Fsp3) is 0.259. The molecular weight excluding hydrogens is 354 g/mol. The first-order chi connectivity index (χ1) is 14.4. The minimum absolute atomic E-state index is 0.249. The maximum Gasteiger partial charge on any atom is 0.0869 e. The highest BCUT2D eigenvalue weighted by Crippen LogP contribution is 2.45. The number of anilines is 1. The molecule has 1 aliphatic carbocycles. The van der Waals surface area contributed by atoms with Gasteiger partial charge in [0.2, 0.25) is 0 Å². The van der Waals surface area contributed by atoms with Crippen LogP contribution in [-0.2, 0) is 4.84 Å². The van der Waals surface area contributed by atoms with Crippen molar-refractivity contribution < 1.29 is 4.84 Å². The fourth-order valence-corrected chi connectivity index (χ4v) is 4.81. The molecule has 1 aliphatic heterocycles. The number of hydroxylamine groups is 1. The van der Waals surface area contributed by atoms with Crippen LogP contribution in [0.15, 0.2) is 97.1 Å². The predicted molar refractivity (Wildman–Crippen MR) is 119 cm³/mol. The molecular formula is C27H27NO. The standard InChI is InChI=1S/C27H27NO/c1-4-10-21(11-5-1)22-16-18-24(19-17-22)27-26(23-12-6-2-7-13-23)20-29-28(27)25-14-8-3-9-15-25/h1-6,8-11,14-19,23,26-27H,7,12-13,20H2. The Hall–Kier alpha value is -2.84. The van der Waals surface area contributed by atoms with E-state index in [1.807, 2.05) is 0 Å². The van der Waals surface area contributed by atoms with Crippen LogP contribution in [0.1, 0.15) is 30.9 Å². The molecule has 0 bridgehead atoms. The molecule has 3 atom stereocenters. The van der Waals surface area contributed by atoms with Gasteiger partial charge in [-0.25, -0.2) is 5.06 Å². The molecule has 5 rings (SSSR count). The van der Waals surface area contributed by atoms with Crippen LogP contribution < -0.4 is 5.06 Å². The predicted octanol–water partition coefficient (Wildman–Crippen LogP) is 6.82. The minimum Gasteiger partial charge on any atom is -0.272 e. The zero-order chi connectivity index (χ0) is 19.5. The lowest BCUT2D eigenvalue weighted by molar-refractivity contribution is 0.144. The van der Waals surface area contributed by atoms with E-state index in [0.29, 0.717) is 11.8 Å². The molecule has 2 heteroatoms. The van der Waals surface area contributed by atoms with Crippen molar-refractivity contribution in [2.24, 2.45) is 11.8 Å². The molecule has 0 aromatic heterocycles. The van der Waals surface area contributed by atoms with Crippen molar-refractivity contribution in [2.75, 3.05) is 11.7 Å². The van der Waals surface area contributed by atoms with Crippen LogP contribution in [-0.4, -0.2) is 6.61 Å². The van der Waals surface area contributed by atoms with Crippen LogP contribution in [0.5, 0.6) is 0 Å². The van der Waals surface area contributed by atoms with E-state index in [4.69, 9.17) is 4.84 Å². The summed E-state index contributed by atoms with van der Waals surface area (Å²) in [6.45, 7) is 0.790. The molecule has 146 valence electrons. The van der Waals surface area contributed by atoms with Crippen molar-refractivity contribution in [1.82, 2.24) is 0 Å². The summed E-state index contributed by atoms with van der Waals surface area (Å²) in [6, 6.07) is 30.5. The van der Waals surface area contributed by atoms with Crippen molar-refractivity contribution in [3.05, 3.63) is 103 Å². The monoisotopic (exact) mass is 381 g/mol. The number of hydrogen-bond acceptors (Lipinski definition) is 2. The quantitative estimate of drug-likeness (QED) is 0.460. The lowest BCUT2D eigenvalue weighted by Gasteiger charge is -2.32. The van der Waals surface area contributed by atoms with Gasteiger partial charge in [-0.05, 0) is 54.0 Å². The smallest absolute Gasteiger partial charge is 0.0869 e. The molecule has 2 aliphatic rings. The Kier molecular flexibility index (Phi) is 5.19. The Labute approximate surface area is 173 Å². The molecule has 2 nitrogen and oxygen atoms in total. The normalized spacial score (nSPS) is 24.0. The molecule has 0 N–H and O–H groups in total. The molecule has 3 unspecified atom stereocenters. The van der Waals surface area contributed by atoms with Gasteiger partial charge in [-0.1, -0.05) is 84.9 Å². The van der Waals surface area contributed by atoms with Crippen molar-refractivity contribution in [3.63, 3.8) is 0 Å². The van der Waals surface area contributed by atoms with Gasteiger partial charge in [0.1, 0.15) is 0 Å². The highest BCUT2D eigenvalue weighted by molar-refractivity contribution is 5.63. The van der Waals surface area contributed by atoms with Gasteiger partial charge in [0.15, 0.2) is 0 Å². The van der Waals surface area contributed by atoms with Crippen LogP contribution in [0.2, 0.25) is 0 Å². The van der Waals surface area contributed by atoms with Gasteiger partial charge in [0.05, 0.1) is 18.3 Å². The van der Waals surface area contributed by atoms with E-state index < -0.39 is 0 Å². The SMILES string of the molecule is C1=CCC(C2CON(c3ccccc3)C2c2ccc(-c3ccccc3)cc2)CC1. The van der Waals surface area contributed by atoms with E-state index in [2.05, 4.69) is 102 Å². The summed E-state index contributed by atoms with van der Waals surface area (Å²) in [5, 5.41) is 2.15. The minimum atomic E-state index is 0.249. The Balaban J connectivity index is 1.49. The molecule has 29 heavy (non-hydrogen) atoms. The molecule has 1 saturated heterocycles. The van der Waals surface area contributed by atoms with E-state index >= 15 is 0 Å². The number of para-hydroxylation sites is 1. The van der Waals surface area contributed by atoms with Crippen molar-refractivity contribution in [1.29, 1.82) is 0 Å². The lowest BCUT2D eigenvalue weighted by atomic mass is 9.77. The molecule has 1 heterocycles. The fourth-order valence-electron chi connectivity index (χ4n) is 4.81. The summed E-state index contributed by atoms with van der Waals surface area (Å²) in [5.74, 6) is 1.18. The van der Waals surface area contributed by atoms with E-state index in [1.54, 1.807) is 0 Å². The second-order valence-corrected chi connectivity index (χ2v) is 8.10. The van der Waals surface area contributed by atoms with E-state index in [0.717, 1.165) is 18.7 Å². The molecule has 0 amide bonds. The third-order valence-corrected chi connectivity index (χ3v) is 6.35. The van der Waals surface area contributed by atoms with Crippen LogP contribution in [0.3, 0.4) is 0 Å². The van der Waals surface area contributed by atoms with E-state index in [-0.39, 0.29) is 6.04 Å². The summed E-state index contributed by atoms with van der Waals surface area (Å²) >= 11 is 0. The van der Waals surface area contributed by atoms with Crippen LogP contribution in [0.25, 0.3) is 11.1 Å². The highest BCUT2D eigenvalue weighted by Gasteiger charge is 2.41. The number of nitrogens with zero attached hydrogens (tertiary/aromatic N) is 1. The van der Waals surface area contributed by atoms with Crippen LogP contribution in [0, 0.1) is 11.8 Å². The lowest BCUT2D eigenvalue weighted by Crippen LogP contribution is -2.28. The van der Waals surface area contributed by atoms with Crippen molar-refractivity contribution in [2.45, 2.75) is 25.3 Å². The van der Waals surface area contributed by atoms with Crippen molar-refractivity contribution in [3.8, 4) is 11.1 Å². The van der Waals surface area contributed by atoms with E-state index in [9.17, 15) is 0 Å². The summed E-state index contributed by atoms with van der Waals surface area (Å²) in [4.78, 5) is 6.30. The topological polar surface area (TPSA) is 12.5 Å². The van der Waals surface area contributed by atoms with Crippen LogP contribution >= 0.6 is 0 Å².